The first-order valence-corrected chi connectivity index (χ1v) is 6.76. The minimum atomic E-state index is 0.0649. The van der Waals surface area contributed by atoms with E-state index in [0.29, 0.717) is 0 Å². The van der Waals surface area contributed by atoms with Gasteiger partial charge in [-0.15, -0.1) is 11.3 Å². The Hall–Kier alpha value is -1.19. The van der Waals surface area contributed by atoms with Crippen LogP contribution in [0.1, 0.15) is 36.0 Å². The smallest absolute Gasteiger partial charge is 0.124 e. The largest absolute Gasteiger partial charge is 0.323 e. The van der Waals surface area contributed by atoms with Gasteiger partial charge in [0.05, 0.1) is 5.69 Å². The average molecular weight is 246 g/mol. The monoisotopic (exact) mass is 246 g/mol. The molecule has 0 aliphatic heterocycles. The molecule has 1 heterocycles. The molecule has 1 atom stereocenters. The molecule has 2 nitrogen and oxygen atoms in total. The van der Waals surface area contributed by atoms with Crippen molar-refractivity contribution in [2.24, 2.45) is 5.73 Å². The van der Waals surface area contributed by atoms with Gasteiger partial charge in [0, 0.05) is 16.5 Å². The van der Waals surface area contributed by atoms with E-state index in [0.717, 1.165) is 17.1 Å². The lowest BCUT2D eigenvalue weighted by Crippen LogP contribution is -2.03. The van der Waals surface area contributed by atoms with Crippen molar-refractivity contribution in [1.29, 1.82) is 0 Å². The zero-order valence-electron chi connectivity index (χ0n) is 10.5. The Labute approximate surface area is 107 Å². The SMILES string of the molecule is CCc1ccccc1-c1nc(C)c(C(C)N)s1. The third-order valence-electron chi connectivity index (χ3n) is 2.87. The summed E-state index contributed by atoms with van der Waals surface area (Å²) in [6, 6.07) is 8.51. The van der Waals surface area contributed by atoms with E-state index in [4.69, 9.17) is 5.73 Å². The predicted octanol–water partition coefficient (Wildman–Crippen LogP) is 3.70. The van der Waals surface area contributed by atoms with Crippen LogP contribution in [0.15, 0.2) is 24.3 Å². The zero-order chi connectivity index (χ0) is 12.4. The lowest BCUT2D eigenvalue weighted by molar-refractivity contribution is 0.825. The molecule has 0 saturated carbocycles. The lowest BCUT2D eigenvalue weighted by Gasteiger charge is -2.03. The predicted molar refractivity (Wildman–Crippen MR) is 74.3 cm³/mol. The van der Waals surface area contributed by atoms with Crippen molar-refractivity contribution in [2.75, 3.05) is 0 Å². The zero-order valence-corrected chi connectivity index (χ0v) is 11.3. The van der Waals surface area contributed by atoms with Crippen LogP contribution in [0.5, 0.6) is 0 Å². The van der Waals surface area contributed by atoms with Gasteiger partial charge >= 0.3 is 0 Å². The Morgan fingerprint density at radius 3 is 2.65 bits per heavy atom. The first kappa shape index (κ1) is 12.3. The van der Waals surface area contributed by atoms with Gasteiger partial charge in [-0.1, -0.05) is 31.2 Å². The van der Waals surface area contributed by atoms with E-state index in [-0.39, 0.29) is 6.04 Å². The van der Waals surface area contributed by atoms with Crippen LogP contribution < -0.4 is 5.73 Å². The van der Waals surface area contributed by atoms with E-state index >= 15 is 0 Å². The van der Waals surface area contributed by atoms with Crippen molar-refractivity contribution in [3.8, 4) is 10.6 Å². The maximum absolute atomic E-state index is 5.95. The summed E-state index contributed by atoms with van der Waals surface area (Å²) in [5.41, 5.74) is 9.60. The third kappa shape index (κ3) is 2.40. The van der Waals surface area contributed by atoms with Gasteiger partial charge in [0.25, 0.3) is 0 Å². The molecule has 2 N–H and O–H groups in total. The summed E-state index contributed by atoms with van der Waals surface area (Å²) in [6.07, 6.45) is 1.03. The maximum atomic E-state index is 5.95. The van der Waals surface area contributed by atoms with Crippen LogP contribution in [0.25, 0.3) is 10.6 Å². The molecule has 0 fully saturated rings. The van der Waals surface area contributed by atoms with Crippen LogP contribution in [0.3, 0.4) is 0 Å². The van der Waals surface area contributed by atoms with Crippen molar-refractivity contribution in [3.63, 3.8) is 0 Å². The van der Waals surface area contributed by atoms with Crippen LogP contribution in [-0.2, 0) is 6.42 Å². The molecule has 0 radical (unpaired) electrons. The second kappa shape index (κ2) is 4.98. The molecule has 0 spiro atoms. The molecule has 0 aliphatic rings. The van der Waals surface area contributed by atoms with Crippen molar-refractivity contribution in [1.82, 2.24) is 4.98 Å². The summed E-state index contributed by atoms with van der Waals surface area (Å²) in [4.78, 5) is 5.84. The Morgan fingerprint density at radius 2 is 2.06 bits per heavy atom. The maximum Gasteiger partial charge on any atom is 0.124 e. The number of aryl methyl sites for hydroxylation is 2. The molecule has 1 aromatic carbocycles. The topological polar surface area (TPSA) is 38.9 Å². The number of hydrogen-bond acceptors (Lipinski definition) is 3. The second-order valence-electron chi connectivity index (χ2n) is 4.27. The number of hydrogen-bond donors (Lipinski definition) is 1. The highest BCUT2D eigenvalue weighted by Gasteiger charge is 2.13. The van der Waals surface area contributed by atoms with Gasteiger partial charge in [0.1, 0.15) is 5.01 Å². The van der Waals surface area contributed by atoms with Gasteiger partial charge in [-0.05, 0) is 25.8 Å². The molecule has 0 bridgehead atoms. The van der Waals surface area contributed by atoms with Crippen molar-refractivity contribution >= 4 is 11.3 Å². The summed E-state index contributed by atoms with van der Waals surface area (Å²) in [7, 11) is 0. The highest BCUT2D eigenvalue weighted by atomic mass is 32.1. The molecule has 0 aliphatic carbocycles. The second-order valence-corrected chi connectivity index (χ2v) is 5.30. The molecule has 1 aromatic heterocycles. The highest BCUT2D eigenvalue weighted by molar-refractivity contribution is 7.15. The van der Waals surface area contributed by atoms with E-state index < -0.39 is 0 Å². The van der Waals surface area contributed by atoms with Crippen LogP contribution in [-0.4, -0.2) is 4.98 Å². The summed E-state index contributed by atoms with van der Waals surface area (Å²) in [5, 5.41) is 1.09. The van der Waals surface area contributed by atoms with E-state index in [1.165, 1.54) is 16.0 Å². The first-order valence-electron chi connectivity index (χ1n) is 5.94. The Bertz CT molecular complexity index is 515. The van der Waals surface area contributed by atoms with Crippen LogP contribution >= 0.6 is 11.3 Å². The van der Waals surface area contributed by atoms with E-state index in [1.54, 1.807) is 11.3 Å². The Balaban J connectivity index is 2.50. The number of benzene rings is 1. The molecule has 2 aromatic rings. The molecular formula is C14H18N2S. The molecule has 0 saturated heterocycles. The standard InChI is InChI=1S/C14H18N2S/c1-4-11-7-5-6-8-12(11)14-16-10(3)13(17-14)9(2)15/h5-9H,4,15H2,1-3H3. The molecule has 1 unspecified atom stereocenters. The lowest BCUT2D eigenvalue weighted by atomic mass is 10.1. The number of nitrogens with zero attached hydrogens (tertiary/aromatic N) is 1. The van der Waals surface area contributed by atoms with Crippen LogP contribution in [0, 0.1) is 6.92 Å². The molecule has 90 valence electrons. The minimum absolute atomic E-state index is 0.0649. The molecular weight excluding hydrogens is 228 g/mol. The van der Waals surface area contributed by atoms with Crippen LogP contribution in [0.2, 0.25) is 0 Å². The van der Waals surface area contributed by atoms with Gasteiger partial charge in [-0.2, -0.15) is 0 Å². The van der Waals surface area contributed by atoms with Crippen LogP contribution in [0.4, 0.5) is 0 Å². The minimum Gasteiger partial charge on any atom is -0.323 e. The van der Waals surface area contributed by atoms with Crippen molar-refractivity contribution in [2.45, 2.75) is 33.2 Å². The van der Waals surface area contributed by atoms with Gasteiger partial charge in [0.2, 0.25) is 0 Å². The number of thiazole rings is 1. The van der Waals surface area contributed by atoms with Crippen molar-refractivity contribution in [3.05, 3.63) is 40.4 Å². The fourth-order valence-corrected chi connectivity index (χ4v) is 3.06. The summed E-state index contributed by atoms with van der Waals surface area (Å²) in [6.45, 7) is 6.22. The van der Waals surface area contributed by atoms with E-state index in [9.17, 15) is 0 Å². The summed E-state index contributed by atoms with van der Waals surface area (Å²) < 4.78 is 0. The number of aromatic nitrogens is 1. The Morgan fingerprint density at radius 1 is 1.35 bits per heavy atom. The summed E-state index contributed by atoms with van der Waals surface area (Å²) in [5.74, 6) is 0. The molecule has 17 heavy (non-hydrogen) atoms. The third-order valence-corrected chi connectivity index (χ3v) is 4.27. The highest BCUT2D eigenvalue weighted by Crippen LogP contribution is 2.32. The van der Waals surface area contributed by atoms with E-state index in [1.807, 2.05) is 13.8 Å². The normalized spacial score (nSPS) is 12.7. The summed E-state index contributed by atoms with van der Waals surface area (Å²) >= 11 is 1.71. The van der Waals surface area contributed by atoms with Gasteiger partial charge in [-0.25, -0.2) is 4.98 Å². The molecule has 0 amide bonds. The molecule has 2 rings (SSSR count). The molecule has 3 heteroatoms. The van der Waals surface area contributed by atoms with Gasteiger partial charge in [-0.3, -0.25) is 0 Å². The fraction of sp³-hybridized carbons (Fsp3) is 0.357. The number of rotatable bonds is 3. The van der Waals surface area contributed by atoms with E-state index in [2.05, 4.69) is 36.2 Å². The van der Waals surface area contributed by atoms with Gasteiger partial charge < -0.3 is 5.73 Å². The quantitative estimate of drug-likeness (QED) is 0.896. The van der Waals surface area contributed by atoms with Crippen molar-refractivity contribution < 1.29 is 0 Å². The van der Waals surface area contributed by atoms with Gasteiger partial charge in [0.15, 0.2) is 0 Å². The first-order chi connectivity index (χ1) is 8.13. The average Bonchev–Trinajstić information content (AvgIpc) is 2.71. The number of nitrogens with two attached hydrogens (primary N) is 1. The Kier molecular flexibility index (Phi) is 3.60. The fourth-order valence-electron chi connectivity index (χ4n) is 1.98.